The second kappa shape index (κ2) is 5.83. The predicted octanol–water partition coefficient (Wildman–Crippen LogP) is -0.463. The zero-order chi connectivity index (χ0) is 13.8. The van der Waals surface area contributed by atoms with Gasteiger partial charge >= 0.3 is 5.69 Å². The van der Waals surface area contributed by atoms with E-state index in [4.69, 9.17) is 4.84 Å². The van der Waals surface area contributed by atoms with Crippen molar-refractivity contribution in [3.05, 3.63) is 33.1 Å². The van der Waals surface area contributed by atoms with E-state index in [0.717, 1.165) is 34.8 Å². The van der Waals surface area contributed by atoms with Crippen LogP contribution < -0.4 is 16.7 Å². The number of carbonyl (C=O) groups is 1. The maximum absolute atomic E-state index is 11.7. The topological polar surface area (TPSA) is 82.3 Å². The van der Waals surface area contributed by atoms with Crippen LogP contribution in [0.25, 0.3) is 0 Å². The maximum Gasteiger partial charge on any atom is 0.331 e. The number of carbonyl (C=O) groups excluding carboxylic acids is 1. The Morgan fingerprint density at radius 2 is 2.11 bits per heavy atom. The van der Waals surface area contributed by atoms with Gasteiger partial charge in [-0.15, -0.1) is 0 Å². The number of amides is 1. The van der Waals surface area contributed by atoms with Crippen molar-refractivity contribution in [1.82, 2.24) is 14.6 Å². The molecule has 2 rings (SSSR count). The van der Waals surface area contributed by atoms with Crippen LogP contribution in [0.2, 0.25) is 0 Å². The first-order chi connectivity index (χ1) is 9.08. The van der Waals surface area contributed by atoms with Crippen molar-refractivity contribution < 1.29 is 9.63 Å². The van der Waals surface area contributed by atoms with Gasteiger partial charge in [-0.2, -0.15) is 0 Å². The Labute approximate surface area is 109 Å². The first-order valence-electron chi connectivity index (χ1n) is 6.29. The molecule has 1 fully saturated rings. The third-order valence-electron chi connectivity index (χ3n) is 3.22. The summed E-state index contributed by atoms with van der Waals surface area (Å²) in [7, 11) is 1.37. The maximum atomic E-state index is 11.7. The van der Waals surface area contributed by atoms with Crippen LogP contribution in [0.5, 0.6) is 0 Å². The minimum Gasteiger partial charge on any atom is -0.291 e. The number of aromatic nitrogens is 2. The summed E-state index contributed by atoms with van der Waals surface area (Å²) in [6.07, 6.45) is 5.49. The van der Waals surface area contributed by atoms with Gasteiger partial charge in [0.1, 0.15) is 6.54 Å². The van der Waals surface area contributed by atoms with E-state index in [9.17, 15) is 14.4 Å². The van der Waals surface area contributed by atoms with Gasteiger partial charge in [-0.25, -0.2) is 10.3 Å². The average Bonchev–Trinajstić information content (AvgIpc) is 2.90. The van der Waals surface area contributed by atoms with Gasteiger partial charge in [0.2, 0.25) is 0 Å². The molecule has 0 aliphatic heterocycles. The molecule has 0 unspecified atom stereocenters. The summed E-state index contributed by atoms with van der Waals surface area (Å²) < 4.78 is 2.11. The van der Waals surface area contributed by atoms with Gasteiger partial charge in [-0.1, -0.05) is 12.8 Å². The number of hydrogen-bond acceptors (Lipinski definition) is 4. The molecule has 0 saturated heterocycles. The molecular weight excluding hydrogens is 250 g/mol. The second-order valence-electron chi connectivity index (χ2n) is 4.67. The second-order valence-corrected chi connectivity index (χ2v) is 4.67. The number of hydrogen-bond donors (Lipinski definition) is 1. The molecule has 0 aromatic carbocycles. The van der Waals surface area contributed by atoms with Gasteiger partial charge < -0.3 is 0 Å². The van der Waals surface area contributed by atoms with E-state index >= 15 is 0 Å². The summed E-state index contributed by atoms with van der Waals surface area (Å²) in [6, 6.07) is 1.24. The molecule has 1 aromatic rings. The van der Waals surface area contributed by atoms with E-state index in [-0.39, 0.29) is 12.6 Å². The van der Waals surface area contributed by atoms with E-state index in [1.807, 2.05) is 0 Å². The predicted molar refractivity (Wildman–Crippen MR) is 67.4 cm³/mol. The zero-order valence-corrected chi connectivity index (χ0v) is 10.8. The number of hydroxylamine groups is 1. The Kier molecular flexibility index (Phi) is 4.16. The van der Waals surface area contributed by atoms with E-state index in [2.05, 4.69) is 5.48 Å². The zero-order valence-electron chi connectivity index (χ0n) is 10.8. The summed E-state index contributed by atoms with van der Waals surface area (Å²) in [4.78, 5) is 39.8. The quantitative estimate of drug-likeness (QED) is 0.748. The summed E-state index contributed by atoms with van der Waals surface area (Å²) >= 11 is 0. The largest absolute Gasteiger partial charge is 0.331 e. The molecule has 1 saturated carbocycles. The van der Waals surface area contributed by atoms with Gasteiger partial charge in [-0.05, 0) is 12.8 Å². The van der Waals surface area contributed by atoms with Crippen LogP contribution in [0, 0.1) is 0 Å². The molecule has 1 N–H and O–H groups in total. The SMILES string of the molecule is Cn1c(=O)ccn(CC(=O)NOC2CCCC2)c1=O. The molecule has 0 spiro atoms. The van der Waals surface area contributed by atoms with Crippen LogP contribution in [0.1, 0.15) is 25.7 Å². The standard InChI is InChI=1S/C12H17N3O4/c1-14-11(17)6-7-15(12(14)18)8-10(16)13-19-9-4-2-3-5-9/h6-7,9H,2-5,8H2,1H3,(H,13,16). The molecule has 7 nitrogen and oxygen atoms in total. The molecule has 1 aliphatic rings. The molecular formula is C12H17N3O4. The first kappa shape index (κ1) is 13.5. The average molecular weight is 267 g/mol. The molecule has 104 valence electrons. The fourth-order valence-corrected chi connectivity index (χ4v) is 2.08. The number of nitrogens with zero attached hydrogens (tertiary/aromatic N) is 2. The van der Waals surface area contributed by atoms with Gasteiger partial charge in [0, 0.05) is 19.3 Å². The minimum atomic E-state index is -0.525. The summed E-state index contributed by atoms with van der Waals surface area (Å²) in [6.45, 7) is -0.167. The smallest absolute Gasteiger partial charge is 0.291 e. The van der Waals surface area contributed by atoms with Gasteiger partial charge in [-0.3, -0.25) is 23.6 Å². The van der Waals surface area contributed by atoms with Crippen LogP contribution in [0.15, 0.2) is 21.9 Å². The Morgan fingerprint density at radius 1 is 1.42 bits per heavy atom. The summed E-state index contributed by atoms with van der Waals surface area (Å²) in [5, 5.41) is 0. The molecule has 1 aliphatic carbocycles. The van der Waals surface area contributed by atoms with E-state index < -0.39 is 17.2 Å². The van der Waals surface area contributed by atoms with Crippen LogP contribution in [-0.4, -0.2) is 21.1 Å². The Balaban J connectivity index is 1.93. The minimum absolute atomic E-state index is 0.0702. The fraction of sp³-hybridized carbons (Fsp3) is 0.583. The van der Waals surface area contributed by atoms with Crippen molar-refractivity contribution in [2.75, 3.05) is 0 Å². The molecule has 0 radical (unpaired) electrons. The van der Waals surface area contributed by atoms with Gasteiger partial charge in [0.15, 0.2) is 0 Å². The normalized spacial score (nSPS) is 15.6. The monoisotopic (exact) mass is 267 g/mol. The lowest BCUT2D eigenvalue weighted by Gasteiger charge is -2.12. The molecule has 0 bridgehead atoms. The van der Waals surface area contributed by atoms with Crippen LogP contribution >= 0.6 is 0 Å². The first-order valence-corrected chi connectivity index (χ1v) is 6.29. The van der Waals surface area contributed by atoms with Gasteiger partial charge in [0.25, 0.3) is 11.5 Å². The highest BCUT2D eigenvalue weighted by Gasteiger charge is 2.17. The highest BCUT2D eigenvalue weighted by Crippen LogP contribution is 2.19. The van der Waals surface area contributed by atoms with Crippen LogP contribution in [0.3, 0.4) is 0 Å². The van der Waals surface area contributed by atoms with Crippen molar-refractivity contribution in [2.45, 2.75) is 38.3 Å². The van der Waals surface area contributed by atoms with Crippen LogP contribution in [0.4, 0.5) is 0 Å². The van der Waals surface area contributed by atoms with Crippen molar-refractivity contribution in [3.63, 3.8) is 0 Å². The highest BCUT2D eigenvalue weighted by atomic mass is 16.7. The summed E-state index contributed by atoms with van der Waals surface area (Å²) in [5.41, 5.74) is 1.42. The lowest BCUT2D eigenvalue weighted by molar-refractivity contribution is -0.138. The lowest BCUT2D eigenvalue weighted by atomic mass is 10.3. The molecule has 1 amide bonds. The molecule has 0 atom stereocenters. The number of nitrogens with one attached hydrogen (secondary N) is 1. The molecule has 1 heterocycles. The fourth-order valence-electron chi connectivity index (χ4n) is 2.08. The molecule has 1 aromatic heterocycles. The van der Waals surface area contributed by atoms with E-state index in [1.54, 1.807) is 0 Å². The van der Waals surface area contributed by atoms with Gasteiger partial charge in [0.05, 0.1) is 6.10 Å². The van der Waals surface area contributed by atoms with Crippen molar-refractivity contribution in [2.24, 2.45) is 7.05 Å². The lowest BCUT2D eigenvalue weighted by Crippen LogP contribution is -2.40. The third-order valence-corrected chi connectivity index (χ3v) is 3.22. The van der Waals surface area contributed by atoms with Crippen LogP contribution in [-0.2, 0) is 23.2 Å². The van der Waals surface area contributed by atoms with E-state index in [0.29, 0.717) is 0 Å². The van der Waals surface area contributed by atoms with E-state index in [1.165, 1.54) is 19.3 Å². The van der Waals surface area contributed by atoms with Crippen molar-refractivity contribution in [3.8, 4) is 0 Å². The Morgan fingerprint density at radius 3 is 2.79 bits per heavy atom. The molecule has 19 heavy (non-hydrogen) atoms. The van der Waals surface area contributed by atoms with Crippen molar-refractivity contribution in [1.29, 1.82) is 0 Å². The summed E-state index contributed by atoms with van der Waals surface area (Å²) in [5.74, 6) is -0.410. The third kappa shape index (κ3) is 3.31. The van der Waals surface area contributed by atoms with Crippen molar-refractivity contribution >= 4 is 5.91 Å². The molecule has 7 heteroatoms. The highest BCUT2D eigenvalue weighted by molar-refractivity contribution is 5.74. The number of rotatable bonds is 4. The Bertz CT molecular complexity index is 569. The Hall–Kier alpha value is -1.89.